The number of anilines is 1. The van der Waals surface area contributed by atoms with Crippen molar-refractivity contribution < 1.29 is 5.11 Å². The van der Waals surface area contributed by atoms with E-state index in [-0.39, 0.29) is 17.9 Å². The molecule has 96 valence electrons. The van der Waals surface area contributed by atoms with Gasteiger partial charge < -0.3 is 10.0 Å². The van der Waals surface area contributed by atoms with E-state index >= 15 is 0 Å². The SMILES string of the molecule is CC1(C)CCN(c2ccccc2C#N)CC1CO. The van der Waals surface area contributed by atoms with E-state index in [1.54, 1.807) is 0 Å². The van der Waals surface area contributed by atoms with Gasteiger partial charge in [0.15, 0.2) is 0 Å². The van der Waals surface area contributed by atoms with Crippen LogP contribution in [0.5, 0.6) is 0 Å². The minimum atomic E-state index is 0.173. The number of hydrogen-bond acceptors (Lipinski definition) is 3. The van der Waals surface area contributed by atoms with Crippen molar-refractivity contribution in [2.45, 2.75) is 20.3 Å². The lowest BCUT2D eigenvalue weighted by Crippen LogP contribution is -2.46. The summed E-state index contributed by atoms with van der Waals surface area (Å²) in [6.07, 6.45) is 1.04. The topological polar surface area (TPSA) is 47.3 Å². The molecule has 1 atom stereocenters. The van der Waals surface area contributed by atoms with Crippen molar-refractivity contribution in [1.82, 2.24) is 0 Å². The van der Waals surface area contributed by atoms with Gasteiger partial charge in [-0.2, -0.15) is 5.26 Å². The van der Waals surface area contributed by atoms with E-state index in [4.69, 9.17) is 5.26 Å². The number of nitrogens with zero attached hydrogens (tertiary/aromatic N) is 2. The lowest BCUT2D eigenvalue weighted by atomic mass is 9.73. The van der Waals surface area contributed by atoms with E-state index in [0.29, 0.717) is 5.56 Å². The van der Waals surface area contributed by atoms with Crippen molar-refractivity contribution in [3.05, 3.63) is 29.8 Å². The summed E-state index contributed by atoms with van der Waals surface area (Å²) in [5, 5.41) is 18.7. The zero-order valence-electron chi connectivity index (χ0n) is 11.1. The highest BCUT2D eigenvalue weighted by molar-refractivity contribution is 5.59. The summed E-state index contributed by atoms with van der Waals surface area (Å²) in [7, 11) is 0. The molecule has 1 aliphatic rings. The average molecular weight is 244 g/mol. The Morgan fingerprint density at radius 2 is 2.17 bits per heavy atom. The molecule has 3 nitrogen and oxygen atoms in total. The molecular weight excluding hydrogens is 224 g/mol. The molecule has 0 bridgehead atoms. The number of aliphatic hydroxyl groups excluding tert-OH is 1. The second-order valence-corrected chi connectivity index (χ2v) is 5.69. The van der Waals surface area contributed by atoms with Crippen molar-refractivity contribution in [2.75, 3.05) is 24.6 Å². The first-order chi connectivity index (χ1) is 8.58. The molecule has 1 unspecified atom stereocenters. The summed E-state index contributed by atoms with van der Waals surface area (Å²) in [5.41, 5.74) is 1.88. The summed E-state index contributed by atoms with van der Waals surface area (Å²) in [6.45, 7) is 6.39. The summed E-state index contributed by atoms with van der Waals surface area (Å²) < 4.78 is 0. The zero-order valence-corrected chi connectivity index (χ0v) is 11.1. The first-order valence-electron chi connectivity index (χ1n) is 6.43. The minimum Gasteiger partial charge on any atom is -0.396 e. The molecule has 1 heterocycles. The van der Waals surface area contributed by atoms with Gasteiger partial charge >= 0.3 is 0 Å². The third-order valence-corrected chi connectivity index (χ3v) is 4.16. The van der Waals surface area contributed by atoms with Gasteiger partial charge in [0.25, 0.3) is 0 Å². The van der Waals surface area contributed by atoms with Crippen LogP contribution in [0, 0.1) is 22.7 Å². The van der Waals surface area contributed by atoms with Gasteiger partial charge in [-0.15, -0.1) is 0 Å². The number of aliphatic hydroxyl groups is 1. The van der Waals surface area contributed by atoms with Crippen molar-refractivity contribution in [2.24, 2.45) is 11.3 Å². The number of hydrogen-bond donors (Lipinski definition) is 1. The van der Waals surface area contributed by atoms with E-state index in [1.807, 2.05) is 24.3 Å². The molecule has 0 spiro atoms. The summed E-state index contributed by atoms with van der Waals surface area (Å²) in [4.78, 5) is 2.23. The fourth-order valence-corrected chi connectivity index (χ4v) is 2.60. The fourth-order valence-electron chi connectivity index (χ4n) is 2.60. The van der Waals surface area contributed by atoms with Crippen LogP contribution < -0.4 is 4.90 Å². The highest BCUT2D eigenvalue weighted by Gasteiger charge is 2.35. The van der Waals surface area contributed by atoms with Gasteiger partial charge in [0.2, 0.25) is 0 Å². The Balaban J connectivity index is 2.24. The van der Waals surface area contributed by atoms with Crippen molar-refractivity contribution in [3.8, 4) is 6.07 Å². The molecule has 3 heteroatoms. The van der Waals surface area contributed by atoms with Gasteiger partial charge in [-0.05, 0) is 24.0 Å². The Morgan fingerprint density at radius 1 is 1.44 bits per heavy atom. The molecule has 0 saturated carbocycles. The van der Waals surface area contributed by atoms with E-state index in [1.165, 1.54) is 0 Å². The number of nitriles is 1. The normalized spacial score (nSPS) is 22.6. The molecule has 1 aromatic rings. The quantitative estimate of drug-likeness (QED) is 0.869. The summed E-state index contributed by atoms with van der Waals surface area (Å²) in [6, 6.07) is 9.93. The molecule has 18 heavy (non-hydrogen) atoms. The number of rotatable bonds is 2. The van der Waals surface area contributed by atoms with Gasteiger partial charge in [0.05, 0.1) is 11.3 Å². The molecule has 1 aliphatic heterocycles. The van der Waals surface area contributed by atoms with Crippen LogP contribution in [-0.4, -0.2) is 24.8 Å². The van der Waals surface area contributed by atoms with Gasteiger partial charge in [-0.25, -0.2) is 0 Å². The molecule has 2 rings (SSSR count). The molecule has 1 aromatic carbocycles. The van der Waals surface area contributed by atoms with Crippen molar-refractivity contribution in [1.29, 1.82) is 5.26 Å². The summed E-state index contributed by atoms with van der Waals surface area (Å²) >= 11 is 0. The highest BCUT2D eigenvalue weighted by Crippen LogP contribution is 2.37. The molecule has 0 radical (unpaired) electrons. The Labute approximate surface area is 109 Å². The molecule has 0 aliphatic carbocycles. The second-order valence-electron chi connectivity index (χ2n) is 5.69. The molecule has 1 N–H and O–H groups in total. The van der Waals surface area contributed by atoms with Crippen LogP contribution in [0.3, 0.4) is 0 Å². The predicted molar refractivity (Wildman–Crippen MR) is 72.3 cm³/mol. The van der Waals surface area contributed by atoms with Crippen molar-refractivity contribution >= 4 is 5.69 Å². The van der Waals surface area contributed by atoms with Gasteiger partial charge in [0, 0.05) is 25.6 Å². The number of benzene rings is 1. The second kappa shape index (κ2) is 4.99. The molecule has 0 aromatic heterocycles. The fraction of sp³-hybridized carbons (Fsp3) is 0.533. The third kappa shape index (κ3) is 2.34. The van der Waals surface area contributed by atoms with E-state index in [0.717, 1.165) is 25.2 Å². The first-order valence-corrected chi connectivity index (χ1v) is 6.43. The van der Waals surface area contributed by atoms with Gasteiger partial charge in [0.1, 0.15) is 6.07 Å². The predicted octanol–water partition coefficient (Wildman–Crippen LogP) is 2.40. The van der Waals surface area contributed by atoms with Crippen LogP contribution in [0.4, 0.5) is 5.69 Å². The standard InChI is InChI=1S/C15H20N2O/c1-15(2)7-8-17(10-13(15)11-18)14-6-4-3-5-12(14)9-16/h3-6,13,18H,7-8,10-11H2,1-2H3. The number of piperidine rings is 1. The Bertz CT molecular complexity index is 462. The lowest BCUT2D eigenvalue weighted by molar-refractivity contribution is 0.0967. The van der Waals surface area contributed by atoms with Crippen LogP contribution in [-0.2, 0) is 0 Å². The van der Waals surface area contributed by atoms with E-state index in [9.17, 15) is 5.11 Å². The van der Waals surface area contributed by atoms with Gasteiger partial charge in [-0.3, -0.25) is 0 Å². The largest absolute Gasteiger partial charge is 0.396 e. The Morgan fingerprint density at radius 3 is 2.83 bits per heavy atom. The monoisotopic (exact) mass is 244 g/mol. The first kappa shape index (κ1) is 12.9. The third-order valence-electron chi connectivity index (χ3n) is 4.16. The van der Waals surface area contributed by atoms with Crippen LogP contribution in [0.25, 0.3) is 0 Å². The highest BCUT2D eigenvalue weighted by atomic mass is 16.3. The Hall–Kier alpha value is -1.53. The molecular formula is C15H20N2O. The van der Waals surface area contributed by atoms with Crippen LogP contribution in [0.1, 0.15) is 25.8 Å². The Kier molecular flexibility index (Phi) is 3.58. The molecule has 1 fully saturated rings. The zero-order chi connectivity index (χ0) is 13.2. The van der Waals surface area contributed by atoms with Crippen LogP contribution in [0.15, 0.2) is 24.3 Å². The lowest BCUT2D eigenvalue weighted by Gasteiger charge is -2.44. The minimum absolute atomic E-state index is 0.173. The van der Waals surface area contributed by atoms with E-state index < -0.39 is 0 Å². The van der Waals surface area contributed by atoms with Crippen LogP contribution >= 0.6 is 0 Å². The summed E-state index contributed by atoms with van der Waals surface area (Å²) in [5.74, 6) is 0.262. The van der Waals surface area contributed by atoms with Crippen LogP contribution in [0.2, 0.25) is 0 Å². The van der Waals surface area contributed by atoms with Gasteiger partial charge in [-0.1, -0.05) is 26.0 Å². The maximum atomic E-state index is 9.53. The van der Waals surface area contributed by atoms with E-state index in [2.05, 4.69) is 24.8 Å². The van der Waals surface area contributed by atoms with Crippen molar-refractivity contribution in [3.63, 3.8) is 0 Å². The smallest absolute Gasteiger partial charge is 0.101 e. The molecule has 1 saturated heterocycles. The maximum Gasteiger partial charge on any atom is 0.101 e. The average Bonchev–Trinajstić information content (AvgIpc) is 2.38. The maximum absolute atomic E-state index is 9.53. The molecule has 0 amide bonds. The number of para-hydroxylation sites is 1.